The normalized spacial score (nSPS) is 53.4. The summed E-state index contributed by atoms with van der Waals surface area (Å²) in [6.07, 6.45) is 9.48. The van der Waals surface area contributed by atoms with E-state index in [1.54, 1.807) is 0 Å². The summed E-state index contributed by atoms with van der Waals surface area (Å²) < 4.78 is 6.12. The van der Waals surface area contributed by atoms with E-state index in [1.165, 1.54) is 58.3 Å². The molecule has 0 amide bonds. The fourth-order valence-electron chi connectivity index (χ4n) is 12.0. The number of aliphatic hydroxyl groups is 7. The van der Waals surface area contributed by atoms with Gasteiger partial charge >= 0.3 is 0 Å². The Labute approximate surface area is 258 Å². The third kappa shape index (κ3) is 5.77. The van der Waals surface area contributed by atoms with Gasteiger partial charge in [-0.25, -0.2) is 0 Å². The SMILES string of the molecule is COC1CCC(CCC2CCCCC2)CC1C1CCC(O)C2C(O)C3C(O)[C@]4(O)C(O)C(C(C)O)C(O)C[C@@H]4C[C@@H]3CC12. The van der Waals surface area contributed by atoms with Crippen molar-refractivity contribution in [3.05, 3.63) is 0 Å². The average Bonchev–Trinajstić information content (AvgIpc) is 2.98. The highest BCUT2D eigenvalue weighted by Gasteiger charge is 2.67. The van der Waals surface area contributed by atoms with E-state index < -0.39 is 65.9 Å². The van der Waals surface area contributed by atoms with Crippen LogP contribution in [0.5, 0.6) is 0 Å². The van der Waals surface area contributed by atoms with Crippen LogP contribution < -0.4 is 0 Å². The van der Waals surface area contributed by atoms with E-state index in [-0.39, 0.29) is 24.4 Å². The molecule has 17 atom stereocenters. The fraction of sp³-hybridized carbons (Fsp3) is 1.00. The monoisotopic (exact) mass is 608 g/mol. The van der Waals surface area contributed by atoms with Gasteiger partial charge in [0.15, 0.2) is 0 Å². The van der Waals surface area contributed by atoms with Crippen molar-refractivity contribution in [1.82, 2.24) is 0 Å². The molecule has 8 heteroatoms. The second-order valence-electron chi connectivity index (χ2n) is 16.1. The lowest BCUT2D eigenvalue weighted by Crippen LogP contribution is -2.73. The van der Waals surface area contributed by atoms with Crippen LogP contribution in [0.2, 0.25) is 0 Å². The van der Waals surface area contributed by atoms with Gasteiger partial charge in [-0.1, -0.05) is 44.9 Å². The van der Waals surface area contributed by atoms with E-state index in [9.17, 15) is 35.7 Å². The second kappa shape index (κ2) is 13.1. The van der Waals surface area contributed by atoms with Gasteiger partial charge in [0.25, 0.3) is 0 Å². The van der Waals surface area contributed by atoms with Gasteiger partial charge in [-0.15, -0.1) is 0 Å². The Morgan fingerprint density at radius 2 is 1.42 bits per heavy atom. The van der Waals surface area contributed by atoms with Crippen molar-refractivity contribution in [1.29, 1.82) is 0 Å². The summed E-state index contributed by atoms with van der Waals surface area (Å²) in [6.45, 7) is 1.48. The zero-order chi connectivity index (χ0) is 30.6. The molecule has 0 bridgehead atoms. The Morgan fingerprint density at radius 1 is 0.698 bits per heavy atom. The van der Waals surface area contributed by atoms with E-state index >= 15 is 0 Å². The highest BCUT2D eigenvalue weighted by molar-refractivity contribution is 5.16. The molecule has 7 N–H and O–H groups in total. The third-order valence-corrected chi connectivity index (χ3v) is 14.1. The maximum atomic E-state index is 11.9. The second-order valence-corrected chi connectivity index (χ2v) is 16.1. The van der Waals surface area contributed by atoms with Crippen molar-refractivity contribution in [2.45, 2.75) is 152 Å². The molecule has 6 aliphatic carbocycles. The molecular formula is C35H60O8. The van der Waals surface area contributed by atoms with E-state index in [4.69, 9.17) is 4.74 Å². The molecule has 6 aliphatic rings. The summed E-state index contributed by atoms with van der Waals surface area (Å²) in [4.78, 5) is 0. The predicted octanol–water partition coefficient (Wildman–Crippen LogP) is 3.01. The van der Waals surface area contributed by atoms with Gasteiger partial charge in [0.2, 0.25) is 0 Å². The first-order valence-electron chi connectivity index (χ1n) is 17.9. The van der Waals surface area contributed by atoms with E-state index in [2.05, 4.69) is 0 Å². The van der Waals surface area contributed by atoms with Gasteiger partial charge < -0.3 is 40.5 Å². The summed E-state index contributed by atoms with van der Waals surface area (Å²) in [7, 11) is 1.83. The van der Waals surface area contributed by atoms with Gasteiger partial charge in [-0.3, -0.25) is 0 Å². The molecule has 43 heavy (non-hydrogen) atoms. The molecule has 0 aromatic rings. The Balaban J connectivity index is 1.21. The minimum absolute atomic E-state index is 0.0847. The van der Waals surface area contributed by atoms with Crippen LogP contribution in [-0.4, -0.2) is 91.2 Å². The Bertz CT molecular complexity index is 926. The summed E-state index contributed by atoms with van der Waals surface area (Å²) in [5.41, 5.74) is -1.93. The summed E-state index contributed by atoms with van der Waals surface area (Å²) in [5, 5.41) is 79.2. The number of hydrogen-bond donors (Lipinski definition) is 7. The quantitative estimate of drug-likeness (QED) is 0.243. The molecule has 0 aromatic carbocycles. The molecule has 0 spiro atoms. The molecule has 248 valence electrons. The molecule has 6 rings (SSSR count). The van der Waals surface area contributed by atoms with Crippen LogP contribution in [0.1, 0.15) is 103 Å². The first kappa shape index (κ1) is 32.6. The molecule has 0 saturated heterocycles. The van der Waals surface area contributed by atoms with Gasteiger partial charge in [0, 0.05) is 24.9 Å². The van der Waals surface area contributed by atoms with Gasteiger partial charge in [-0.05, 0) is 99.7 Å². The van der Waals surface area contributed by atoms with Crippen molar-refractivity contribution in [2.75, 3.05) is 7.11 Å². The van der Waals surface area contributed by atoms with E-state index in [0.29, 0.717) is 30.6 Å². The highest BCUT2D eigenvalue weighted by Crippen LogP contribution is 2.60. The van der Waals surface area contributed by atoms with Gasteiger partial charge in [0.1, 0.15) is 5.60 Å². The molecule has 0 aliphatic heterocycles. The maximum absolute atomic E-state index is 11.9. The standard InChI is InChI=1S/C35H60O8/c1-18(36)29-27(38)17-22-15-21-16-25-23(11-12-26(37)31(25)32(39)30(21)34(41)35(22,42)33(29)40)24-14-20(10-13-28(24)43-2)9-8-19-6-4-3-5-7-19/h18-34,36-42H,3-17H2,1-2H3/t18?,20?,21-,22+,23?,24?,25?,26?,27?,28?,29?,30?,31?,32?,33?,34?,35-/m1/s1. The van der Waals surface area contributed by atoms with E-state index in [1.807, 2.05) is 7.11 Å². The van der Waals surface area contributed by atoms with Crippen LogP contribution in [0.4, 0.5) is 0 Å². The molecule has 6 fully saturated rings. The Morgan fingerprint density at radius 3 is 2.12 bits per heavy atom. The number of aliphatic hydroxyl groups excluding tert-OH is 6. The average molecular weight is 609 g/mol. The number of fused-ring (bicyclic) bond motifs is 3. The van der Waals surface area contributed by atoms with Crippen molar-refractivity contribution in [3.8, 4) is 0 Å². The molecule has 0 aromatic heterocycles. The zero-order valence-electron chi connectivity index (χ0n) is 26.5. The molecule has 6 saturated carbocycles. The third-order valence-electron chi connectivity index (χ3n) is 14.1. The fourth-order valence-corrected chi connectivity index (χ4v) is 12.0. The number of ether oxygens (including phenoxy) is 1. The van der Waals surface area contributed by atoms with Crippen molar-refractivity contribution >= 4 is 0 Å². The maximum Gasteiger partial charge on any atom is 0.120 e. The lowest BCUT2D eigenvalue weighted by Gasteiger charge is -2.63. The van der Waals surface area contributed by atoms with Gasteiger partial charge in [0.05, 0.1) is 42.7 Å². The molecule has 8 nitrogen and oxygen atoms in total. The van der Waals surface area contributed by atoms with Crippen LogP contribution >= 0.6 is 0 Å². The summed E-state index contributed by atoms with van der Waals surface area (Å²) in [5.74, 6) is -0.281. The van der Waals surface area contributed by atoms with Crippen LogP contribution in [0.15, 0.2) is 0 Å². The Kier molecular flexibility index (Phi) is 9.90. The number of methoxy groups -OCH3 is 1. The molecule has 0 heterocycles. The molecule has 14 unspecified atom stereocenters. The smallest absolute Gasteiger partial charge is 0.120 e. The first-order chi connectivity index (χ1) is 20.6. The van der Waals surface area contributed by atoms with Crippen LogP contribution in [0.25, 0.3) is 0 Å². The van der Waals surface area contributed by atoms with Crippen LogP contribution in [0.3, 0.4) is 0 Å². The highest BCUT2D eigenvalue weighted by atomic mass is 16.5. The van der Waals surface area contributed by atoms with Crippen LogP contribution in [-0.2, 0) is 4.74 Å². The first-order valence-corrected chi connectivity index (χ1v) is 17.9. The lowest BCUT2D eigenvalue weighted by molar-refractivity contribution is -0.295. The topological polar surface area (TPSA) is 151 Å². The summed E-state index contributed by atoms with van der Waals surface area (Å²) >= 11 is 0. The van der Waals surface area contributed by atoms with Gasteiger partial charge in [-0.2, -0.15) is 0 Å². The molecule has 0 radical (unpaired) electrons. The van der Waals surface area contributed by atoms with Crippen molar-refractivity contribution in [2.24, 2.45) is 59.2 Å². The predicted molar refractivity (Wildman–Crippen MR) is 162 cm³/mol. The van der Waals surface area contributed by atoms with E-state index in [0.717, 1.165) is 31.6 Å². The number of hydrogen-bond acceptors (Lipinski definition) is 8. The largest absolute Gasteiger partial charge is 0.393 e. The Hall–Kier alpha value is -0.320. The minimum Gasteiger partial charge on any atom is -0.393 e. The van der Waals surface area contributed by atoms with Crippen molar-refractivity contribution < 1.29 is 40.5 Å². The summed E-state index contributed by atoms with van der Waals surface area (Å²) in [6, 6.07) is 0. The zero-order valence-corrected chi connectivity index (χ0v) is 26.5. The lowest BCUT2D eigenvalue weighted by atomic mass is 9.47. The van der Waals surface area contributed by atoms with Crippen LogP contribution in [0, 0.1) is 59.2 Å². The molecular weight excluding hydrogens is 548 g/mol. The number of rotatable bonds is 6. The minimum atomic E-state index is -1.93. The van der Waals surface area contributed by atoms with Crippen molar-refractivity contribution in [3.63, 3.8) is 0 Å².